The van der Waals surface area contributed by atoms with Gasteiger partial charge in [-0.1, -0.05) is 143 Å². The molecule has 0 aliphatic carbocycles. The van der Waals surface area contributed by atoms with Crippen molar-refractivity contribution in [2.75, 3.05) is 47.5 Å². The van der Waals surface area contributed by atoms with E-state index in [1.165, 1.54) is 0 Å². The summed E-state index contributed by atoms with van der Waals surface area (Å²) in [5.74, 6) is -1.10. The molecular formula is C48H80NO10P. The average molecular weight is 862 g/mol. The molecule has 2 N–H and O–H groups in total. The van der Waals surface area contributed by atoms with Gasteiger partial charge in [0, 0.05) is 12.8 Å². The number of likely N-dealkylation sites (N-methyl/N-ethyl adjacent to an activating group) is 1. The Kier molecular flexibility index (Phi) is 36.7. The van der Waals surface area contributed by atoms with Crippen LogP contribution in [-0.4, -0.2) is 92.5 Å². The van der Waals surface area contributed by atoms with Crippen LogP contribution in [0.1, 0.15) is 129 Å². The van der Waals surface area contributed by atoms with E-state index < -0.39 is 44.7 Å². The highest BCUT2D eigenvalue weighted by molar-refractivity contribution is 7.45. The second-order valence-corrected chi connectivity index (χ2v) is 17.1. The predicted molar refractivity (Wildman–Crippen MR) is 243 cm³/mol. The number of ether oxygens (including phenoxy) is 2. The molecule has 60 heavy (non-hydrogen) atoms. The Morgan fingerprint density at radius 3 is 1.78 bits per heavy atom. The fourth-order valence-corrected chi connectivity index (χ4v) is 6.00. The fourth-order valence-electron chi connectivity index (χ4n) is 5.27. The monoisotopic (exact) mass is 862 g/mol. The van der Waals surface area contributed by atoms with Crippen molar-refractivity contribution in [3.05, 3.63) is 97.2 Å². The number of phosphoric acid groups is 1. The van der Waals surface area contributed by atoms with E-state index in [1.807, 2.05) is 51.5 Å². The molecule has 12 heteroatoms. The number of allylic oxidation sites excluding steroid dienone is 14. The molecule has 0 radical (unpaired) electrons. The van der Waals surface area contributed by atoms with Crippen LogP contribution in [0.4, 0.5) is 0 Å². The molecule has 342 valence electrons. The van der Waals surface area contributed by atoms with Crippen molar-refractivity contribution < 1.29 is 52.3 Å². The zero-order valence-electron chi connectivity index (χ0n) is 37.6. The molecule has 0 amide bonds. The van der Waals surface area contributed by atoms with Gasteiger partial charge in [0.05, 0.1) is 40.0 Å². The van der Waals surface area contributed by atoms with E-state index in [0.29, 0.717) is 36.7 Å². The van der Waals surface area contributed by atoms with Crippen LogP contribution in [-0.2, 0) is 32.7 Å². The Labute approximate surface area is 363 Å². The van der Waals surface area contributed by atoms with E-state index in [2.05, 4.69) is 62.5 Å². The van der Waals surface area contributed by atoms with Crippen LogP contribution >= 0.6 is 7.82 Å². The number of quaternary nitrogens is 1. The third kappa shape index (κ3) is 41.6. The van der Waals surface area contributed by atoms with Crippen LogP contribution in [0.2, 0.25) is 0 Å². The van der Waals surface area contributed by atoms with Gasteiger partial charge in [-0.05, 0) is 70.6 Å². The molecule has 0 spiro atoms. The fraction of sp³-hybridized carbons (Fsp3) is 0.625. The van der Waals surface area contributed by atoms with E-state index in [9.17, 15) is 29.3 Å². The van der Waals surface area contributed by atoms with Crippen LogP contribution in [0, 0.1) is 0 Å². The third-order valence-electron chi connectivity index (χ3n) is 8.80. The second-order valence-electron chi connectivity index (χ2n) is 15.7. The first-order valence-electron chi connectivity index (χ1n) is 22.2. The van der Waals surface area contributed by atoms with Gasteiger partial charge >= 0.3 is 11.9 Å². The molecule has 4 atom stereocenters. The summed E-state index contributed by atoms with van der Waals surface area (Å²) in [5, 5.41) is 20.2. The van der Waals surface area contributed by atoms with Gasteiger partial charge in [-0.2, -0.15) is 0 Å². The summed E-state index contributed by atoms with van der Waals surface area (Å²) in [6.45, 7) is 3.68. The van der Waals surface area contributed by atoms with Crippen LogP contribution in [0.5, 0.6) is 0 Å². The molecule has 0 bridgehead atoms. The number of carbonyl (C=O) groups excluding carboxylic acids is 2. The molecule has 0 aromatic rings. The number of aliphatic hydroxyl groups excluding tert-OH is 2. The number of rotatable bonds is 38. The van der Waals surface area contributed by atoms with Crippen molar-refractivity contribution >= 4 is 19.8 Å². The second kappa shape index (κ2) is 38.7. The highest BCUT2D eigenvalue weighted by Gasteiger charge is 2.22. The van der Waals surface area contributed by atoms with E-state index in [0.717, 1.165) is 77.0 Å². The summed E-state index contributed by atoms with van der Waals surface area (Å²) in [6, 6.07) is 0. The molecule has 0 fully saturated rings. The Bertz CT molecular complexity index is 1380. The lowest BCUT2D eigenvalue weighted by molar-refractivity contribution is -0.870. The van der Waals surface area contributed by atoms with Gasteiger partial charge in [0.25, 0.3) is 7.82 Å². The molecule has 0 rings (SSSR count). The number of unbranched alkanes of at least 4 members (excludes halogenated alkanes) is 6. The highest BCUT2D eigenvalue weighted by Crippen LogP contribution is 2.38. The van der Waals surface area contributed by atoms with Crippen molar-refractivity contribution in [2.24, 2.45) is 0 Å². The predicted octanol–water partition coefficient (Wildman–Crippen LogP) is 9.88. The van der Waals surface area contributed by atoms with Crippen LogP contribution in [0.3, 0.4) is 0 Å². The van der Waals surface area contributed by atoms with Gasteiger partial charge in [-0.15, -0.1) is 0 Å². The molecule has 11 nitrogen and oxygen atoms in total. The number of aliphatic hydroxyl groups is 2. The van der Waals surface area contributed by atoms with E-state index in [-0.39, 0.29) is 26.1 Å². The quantitative estimate of drug-likeness (QED) is 0.0153. The molecule has 0 heterocycles. The summed E-state index contributed by atoms with van der Waals surface area (Å²) >= 11 is 0. The minimum absolute atomic E-state index is 0.0350. The molecule has 0 saturated carbocycles. The van der Waals surface area contributed by atoms with Crippen molar-refractivity contribution in [3.8, 4) is 0 Å². The molecule has 1 unspecified atom stereocenters. The Balaban J connectivity index is 4.66. The lowest BCUT2D eigenvalue weighted by Crippen LogP contribution is -2.37. The minimum Gasteiger partial charge on any atom is -0.756 e. The topological polar surface area (TPSA) is 152 Å². The smallest absolute Gasteiger partial charge is 0.306 e. The maximum Gasteiger partial charge on any atom is 0.306 e. The first-order valence-corrected chi connectivity index (χ1v) is 23.6. The first-order chi connectivity index (χ1) is 28.8. The largest absolute Gasteiger partial charge is 0.756 e. The Morgan fingerprint density at radius 2 is 1.18 bits per heavy atom. The number of hydrogen-bond donors (Lipinski definition) is 2. The maximum absolute atomic E-state index is 12.7. The zero-order chi connectivity index (χ0) is 44.6. The molecule has 0 aliphatic heterocycles. The standard InChI is InChI=1S/C48H80NO10P/c1-6-8-10-11-12-13-14-15-16-17-18-19-20-21-25-28-32-38-47(52)56-42-46(43-58-60(54,55)57-41-40-49(3,4)5)59-48(53)39-33-37-45(51)36-31-27-24-22-23-26-30-35-44(50)34-29-9-7-2/h8,10,12-13,15-16,18-19,23-24,26-27,30-31,35-36,44-46,50-51H,6-7,9,11,14,17,20-22,25,28-29,32-34,37-43H2,1-5H3/b10-8-,13-12-,16-15-,19-18-,26-23-,27-24-,35-30+,36-31+/t44-,45-,46-/m1/s1. The zero-order valence-corrected chi connectivity index (χ0v) is 38.5. The van der Waals surface area contributed by atoms with E-state index in [4.69, 9.17) is 18.5 Å². The Hall–Kier alpha value is -3.15. The van der Waals surface area contributed by atoms with Crippen LogP contribution in [0.25, 0.3) is 0 Å². The lowest BCUT2D eigenvalue weighted by atomic mass is 10.1. The average Bonchev–Trinajstić information content (AvgIpc) is 3.19. The van der Waals surface area contributed by atoms with E-state index in [1.54, 1.807) is 18.2 Å². The summed E-state index contributed by atoms with van der Waals surface area (Å²) in [6.07, 6.45) is 43.6. The lowest BCUT2D eigenvalue weighted by Gasteiger charge is -2.28. The van der Waals surface area contributed by atoms with Crippen LogP contribution in [0.15, 0.2) is 97.2 Å². The normalized spacial score (nSPS) is 15.5. The van der Waals surface area contributed by atoms with Crippen molar-refractivity contribution in [1.82, 2.24) is 0 Å². The van der Waals surface area contributed by atoms with Crippen LogP contribution < -0.4 is 4.89 Å². The van der Waals surface area contributed by atoms with Gasteiger partial charge < -0.3 is 38.1 Å². The molecular weight excluding hydrogens is 781 g/mol. The minimum atomic E-state index is -4.70. The van der Waals surface area contributed by atoms with Crippen molar-refractivity contribution in [2.45, 2.75) is 148 Å². The molecule has 0 saturated heterocycles. The summed E-state index contributed by atoms with van der Waals surface area (Å²) < 4.78 is 33.7. The van der Waals surface area contributed by atoms with Gasteiger partial charge in [0.1, 0.15) is 19.8 Å². The van der Waals surface area contributed by atoms with E-state index >= 15 is 0 Å². The third-order valence-corrected chi connectivity index (χ3v) is 9.76. The number of hydrogen-bond acceptors (Lipinski definition) is 10. The molecule has 0 aromatic carbocycles. The summed E-state index contributed by atoms with van der Waals surface area (Å²) in [5.41, 5.74) is 0. The van der Waals surface area contributed by atoms with Gasteiger partial charge in [-0.3, -0.25) is 14.2 Å². The summed E-state index contributed by atoms with van der Waals surface area (Å²) in [4.78, 5) is 37.6. The maximum atomic E-state index is 12.7. The Morgan fingerprint density at radius 1 is 0.633 bits per heavy atom. The first kappa shape index (κ1) is 56.9. The number of phosphoric ester groups is 1. The number of esters is 2. The van der Waals surface area contributed by atoms with Gasteiger partial charge in [0.15, 0.2) is 6.10 Å². The van der Waals surface area contributed by atoms with Crippen molar-refractivity contribution in [1.29, 1.82) is 0 Å². The summed E-state index contributed by atoms with van der Waals surface area (Å²) in [7, 11) is 0.985. The highest BCUT2D eigenvalue weighted by atomic mass is 31.2. The number of carbonyl (C=O) groups is 2. The van der Waals surface area contributed by atoms with Crippen molar-refractivity contribution in [3.63, 3.8) is 0 Å². The van der Waals surface area contributed by atoms with Gasteiger partial charge in [-0.25, -0.2) is 0 Å². The van der Waals surface area contributed by atoms with Gasteiger partial charge in [0.2, 0.25) is 0 Å². The molecule has 0 aromatic heterocycles. The number of nitrogens with zero attached hydrogens (tertiary/aromatic N) is 1. The molecule has 0 aliphatic rings. The SMILES string of the molecule is CC/C=C\C/C=C\C/C=C\C/C=C\CCCCCCC(=O)OC[C@H](COP(=O)([O-])OCC[N+](C)(C)C)OC(=O)CCC[C@H](O)/C=C/C=C\C/C=C\C=C\[C@H](O)CCCCC.